The molecule has 1 aliphatic rings. The fourth-order valence-corrected chi connectivity index (χ4v) is 2.90. The number of likely N-dealkylation sites (N-methyl/N-ethyl adjacent to an activating group) is 1. The lowest BCUT2D eigenvalue weighted by molar-refractivity contribution is 0.0459. The molecule has 3 heteroatoms. The van der Waals surface area contributed by atoms with Gasteiger partial charge in [0.25, 0.3) is 0 Å². The van der Waals surface area contributed by atoms with Crippen LogP contribution >= 0.6 is 0 Å². The van der Waals surface area contributed by atoms with Crippen LogP contribution in [0.5, 0.6) is 0 Å². The molecule has 0 spiro atoms. The van der Waals surface area contributed by atoms with Crippen LogP contribution in [0.15, 0.2) is 0 Å². The molecule has 0 aliphatic carbocycles. The van der Waals surface area contributed by atoms with E-state index in [1.54, 1.807) is 0 Å². The number of rotatable bonds is 6. The molecular formula is C14H30N2O. The second-order valence-corrected chi connectivity index (χ2v) is 5.72. The summed E-state index contributed by atoms with van der Waals surface area (Å²) in [6.45, 7) is 13.0. The molecule has 102 valence electrons. The largest absolute Gasteiger partial charge is 0.381 e. The Hall–Kier alpha value is -0.120. The standard InChI is InChI=1S/C14H30N2O/c1-5-16(6-2)14(3,4)13(15)11-12-7-9-17-10-8-12/h12-13H,5-11,15H2,1-4H3. The normalized spacial score (nSPS) is 20.8. The fourth-order valence-electron chi connectivity index (χ4n) is 2.90. The Bertz CT molecular complexity index is 208. The third kappa shape index (κ3) is 3.94. The molecule has 1 fully saturated rings. The molecule has 0 amide bonds. The highest BCUT2D eigenvalue weighted by Crippen LogP contribution is 2.26. The van der Waals surface area contributed by atoms with E-state index in [9.17, 15) is 0 Å². The smallest absolute Gasteiger partial charge is 0.0468 e. The first-order chi connectivity index (χ1) is 8.02. The van der Waals surface area contributed by atoms with Crippen molar-refractivity contribution in [2.75, 3.05) is 26.3 Å². The predicted octanol–water partition coefficient (Wildman–Crippen LogP) is 2.25. The SMILES string of the molecule is CCN(CC)C(C)(C)C(N)CC1CCOCC1. The van der Waals surface area contributed by atoms with Crippen molar-refractivity contribution < 1.29 is 4.74 Å². The van der Waals surface area contributed by atoms with E-state index < -0.39 is 0 Å². The highest BCUT2D eigenvalue weighted by Gasteiger charge is 2.33. The van der Waals surface area contributed by atoms with Gasteiger partial charge in [-0.15, -0.1) is 0 Å². The average Bonchev–Trinajstić information content (AvgIpc) is 2.31. The maximum atomic E-state index is 6.45. The van der Waals surface area contributed by atoms with Gasteiger partial charge in [-0.3, -0.25) is 4.90 Å². The molecule has 0 saturated carbocycles. The Balaban J connectivity index is 2.51. The lowest BCUT2D eigenvalue weighted by atomic mass is 9.83. The number of ether oxygens (including phenoxy) is 1. The summed E-state index contributed by atoms with van der Waals surface area (Å²) in [5.41, 5.74) is 6.55. The van der Waals surface area contributed by atoms with E-state index >= 15 is 0 Å². The molecule has 0 aromatic rings. The summed E-state index contributed by atoms with van der Waals surface area (Å²) in [5.74, 6) is 0.758. The summed E-state index contributed by atoms with van der Waals surface area (Å²) >= 11 is 0. The summed E-state index contributed by atoms with van der Waals surface area (Å²) in [7, 11) is 0. The summed E-state index contributed by atoms with van der Waals surface area (Å²) in [4.78, 5) is 2.47. The molecule has 17 heavy (non-hydrogen) atoms. The van der Waals surface area contributed by atoms with Gasteiger partial charge in [-0.1, -0.05) is 13.8 Å². The Labute approximate surface area is 107 Å². The van der Waals surface area contributed by atoms with Gasteiger partial charge in [-0.25, -0.2) is 0 Å². The maximum Gasteiger partial charge on any atom is 0.0468 e. The maximum absolute atomic E-state index is 6.45. The second-order valence-electron chi connectivity index (χ2n) is 5.72. The Morgan fingerprint density at radius 1 is 1.24 bits per heavy atom. The molecular weight excluding hydrogens is 212 g/mol. The van der Waals surface area contributed by atoms with Gasteiger partial charge in [0.1, 0.15) is 0 Å². The topological polar surface area (TPSA) is 38.5 Å². The summed E-state index contributed by atoms with van der Waals surface area (Å²) in [6.07, 6.45) is 3.50. The lowest BCUT2D eigenvalue weighted by Crippen LogP contribution is -2.56. The van der Waals surface area contributed by atoms with E-state index in [2.05, 4.69) is 32.6 Å². The van der Waals surface area contributed by atoms with Crippen LogP contribution in [-0.4, -0.2) is 42.8 Å². The highest BCUT2D eigenvalue weighted by molar-refractivity contribution is 4.92. The minimum absolute atomic E-state index is 0.0990. The first-order valence-electron chi connectivity index (χ1n) is 7.10. The minimum Gasteiger partial charge on any atom is -0.381 e. The Kier molecular flexibility index (Phi) is 5.90. The average molecular weight is 242 g/mol. The number of hydrogen-bond donors (Lipinski definition) is 1. The van der Waals surface area contributed by atoms with Crippen LogP contribution in [0.1, 0.15) is 47.0 Å². The van der Waals surface area contributed by atoms with Crippen LogP contribution in [0.25, 0.3) is 0 Å². The van der Waals surface area contributed by atoms with E-state index in [-0.39, 0.29) is 11.6 Å². The van der Waals surface area contributed by atoms with E-state index in [0.717, 1.165) is 38.6 Å². The van der Waals surface area contributed by atoms with Crippen molar-refractivity contribution in [3.05, 3.63) is 0 Å². The van der Waals surface area contributed by atoms with Crippen LogP contribution in [0, 0.1) is 5.92 Å². The van der Waals surface area contributed by atoms with Crippen molar-refractivity contribution in [1.29, 1.82) is 0 Å². The molecule has 0 bridgehead atoms. The van der Waals surface area contributed by atoms with E-state index in [4.69, 9.17) is 10.5 Å². The molecule has 0 aromatic heterocycles. The van der Waals surface area contributed by atoms with Crippen molar-refractivity contribution in [3.63, 3.8) is 0 Å². The molecule has 0 aromatic carbocycles. The predicted molar refractivity (Wildman–Crippen MR) is 73.1 cm³/mol. The van der Waals surface area contributed by atoms with Crippen molar-refractivity contribution in [3.8, 4) is 0 Å². The molecule has 1 aliphatic heterocycles. The van der Waals surface area contributed by atoms with E-state index in [0.29, 0.717) is 0 Å². The van der Waals surface area contributed by atoms with Crippen LogP contribution in [-0.2, 0) is 4.74 Å². The van der Waals surface area contributed by atoms with Gasteiger partial charge in [0, 0.05) is 24.8 Å². The van der Waals surface area contributed by atoms with Crippen LogP contribution in [0.3, 0.4) is 0 Å². The molecule has 1 rings (SSSR count). The number of nitrogens with zero attached hydrogens (tertiary/aromatic N) is 1. The van der Waals surface area contributed by atoms with Crippen LogP contribution in [0.4, 0.5) is 0 Å². The van der Waals surface area contributed by atoms with Crippen molar-refractivity contribution in [2.24, 2.45) is 11.7 Å². The third-order valence-corrected chi connectivity index (χ3v) is 4.41. The monoisotopic (exact) mass is 242 g/mol. The van der Waals surface area contributed by atoms with Crippen LogP contribution < -0.4 is 5.73 Å². The zero-order valence-electron chi connectivity index (χ0n) is 12.0. The third-order valence-electron chi connectivity index (χ3n) is 4.41. The zero-order chi connectivity index (χ0) is 12.9. The lowest BCUT2D eigenvalue weighted by Gasteiger charge is -2.43. The summed E-state index contributed by atoms with van der Waals surface area (Å²) in [5, 5.41) is 0. The first kappa shape index (κ1) is 14.9. The quantitative estimate of drug-likeness (QED) is 0.776. The molecule has 0 radical (unpaired) electrons. The van der Waals surface area contributed by atoms with Gasteiger partial charge < -0.3 is 10.5 Å². The van der Waals surface area contributed by atoms with Gasteiger partial charge in [0.15, 0.2) is 0 Å². The van der Waals surface area contributed by atoms with E-state index in [1.165, 1.54) is 12.8 Å². The molecule has 1 atom stereocenters. The van der Waals surface area contributed by atoms with Gasteiger partial charge in [-0.05, 0) is 52.1 Å². The van der Waals surface area contributed by atoms with Gasteiger partial charge in [0.05, 0.1) is 0 Å². The van der Waals surface area contributed by atoms with Crippen LogP contribution in [0.2, 0.25) is 0 Å². The number of nitrogens with two attached hydrogens (primary N) is 1. The Morgan fingerprint density at radius 3 is 2.24 bits per heavy atom. The molecule has 1 heterocycles. The fraction of sp³-hybridized carbons (Fsp3) is 1.00. The summed E-state index contributed by atoms with van der Waals surface area (Å²) in [6, 6.07) is 0.255. The zero-order valence-corrected chi connectivity index (χ0v) is 12.0. The summed E-state index contributed by atoms with van der Waals surface area (Å²) < 4.78 is 5.41. The van der Waals surface area contributed by atoms with Crippen molar-refractivity contribution in [2.45, 2.75) is 58.5 Å². The number of hydrogen-bond acceptors (Lipinski definition) is 3. The second kappa shape index (κ2) is 6.72. The molecule has 3 nitrogen and oxygen atoms in total. The Morgan fingerprint density at radius 2 is 1.76 bits per heavy atom. The molecule has 2 N–H and O–H groups in total. The minimum atomic E-state index is 0.0990. The van der Waals surface area contributed by atoms with Gasteiger partial charge in [0.2, 0.25) is 0 Å². The van der Waals surface area contributed by atoms with E-state index in [1.807, 2.05) is 0 Å². The highest BCUT2D eigenvalue weighted by atomic mass is 16.5. The van der Waals surface area contributed by atoms with Gasteiger partial charge in [-0.2, -0.15) is 0 Å². The van der Waals surface area contributed by atoms with Gasteiger partial charge >= 0.3 is 0 Å². The van der Waals surface area contributed by atoms with Crippen molar-refractivity contribution >= 4 is 0 Å². The molecule has 1 unspecified atom stereocenters. The molecule has 1 saturated heterocycles. The first-order valence-corrected chi connectivity index (χ1v) is 7.10. The van der Waals surface area contributed by atoms with Crippen molar-refractivity contribution in [1.82, 2.24) is 4.90 Å².